The number of nitrogens with one attached hydrogen (secondary N) is 1. The highest BCUT2D eigenvalue weighted by atomic mass is 32.1. The number of carbonyl (C=O) groups is 1. The minimum atomic E-state index is -0.231. The first-order chi connectivity index (χ1) is 11.1. The van der Waals surface area contributed by atoms with E-state index in [-0.39, 0.29) is 5.91 Å². The number of thiazole rings is 1. The number of hydrogen-bond acceptors (Lipinski definition) is 5. The van der Waals surface area contributed by atoms with E-state index < -0.39 is 0 Å². The lowest BCUT2D eigenvalue weighted by atomic mass is 10.2. The molecule has 0 radical (unpaired) electrons. The highest BCUT2D eigenvalue weighted by molar-refractivity contribution is 7.13. The van der Waals surface area contributed by atoms with Crippen molar-refractivity contribution in [3.05, 3.63) is 53.6 Å². The zero-order valence-corrected chi connectivity index (χ0v) is 13.9. The summed E-state index contributed by atoms with van der Waals surface area (Å²) in [6.07, 6.45) is 4.82. The summed E-state index contributed by atoms with van der Waals surface area (Å²) in [5, 5.41) is 5.18. The van der Waals surface area contributed by atoms with Gasteiger partial charge in [0, 0.05) is 11.5 Å². The molecule has 1 N–H and O–H groups in total. The second-order valence-electron chi connectivity index (χ2n) is 4.63. The zero-order chi connectivity index (χ0) is 16.7. The van der Waals surface area contributed by atoms with Gasteiger partial charge in [-0.25, -0.2) is 4.98 Å². The molecular formula is C17H18N2O3S. The average molecular weight is 330 g/mol. The first kappa shape index (κ1) is 16.8. The Morgan fingerprint density at radius 2 is 2.26 bits per heavy atom. The monoisotopic (exact) mass is 330 g/mol. The van der Waals surface area contributed by atoms with E-state index in [4.69, 9.17) is 9.47 Å². The van der Waals surface area contributed by atoms with Crippen LogP contribution in [0.1, 0.15) is 11.3 Å². The number of aryl methyl sites for hydroxylation is 1. The van der Waals surface area contributed by atoms with Gasteiger partial charge in [-0.1, -0.05) is 18.7 Å². The Morgan fingerprint density at radius 1 is 1.43 bits per heavy atom. The third-order valence-corrected chi connectivity index (χ3v) is 3.70. The van der Waals surface area contributed by atoms with Crippen LogP contribution in [0, 0.1) is 6.92 Å². The fourth-order valence-electron chi connectivity index (χ4n) is 1.79. The Labute approximate surface area is 139 Å². The number of carbonyl (C=O) groups excluding carboxylic acids is 1. The number of rotatable bonds is 7. The van der Waals surface area contributed by atoms with Gasteiger partial charge in [-0.15, -0.1) is 11.3 Å². The average Bonchev–Trinajstić information content (AvgIpc) is 2.96. The van der Waals surface area contributed by atoms with Gasteiger partial charge in [0.25, 0.3) is 0 Å². The Morgan fingerprint density at radius 3 is 2.91 bits per heavy atom. The van der Waals surface area contributed by atoms with Gasteiger partial charge in [0.2, 0.25) is 5.91 Å². The third kappa shape index (κ3) is 4.96. The lowest BCUT2D eigenvalue weighted by Gasteiger charge is -2.09. The van der Waals surface area contributed by atoms with Crippen molar-refractivity contribution in [1.82, 2.24) is 4.98 Å². The van der Waals surface area contributed by atoms with Gasteiger partial charge >= 0.3 is 0 Å². The maximum absolute atomic E-state index is 11.9. The third-order valence-electron chi connectivity index (χ3n) is 2.82. The molecule has 0 unspecified atom stereocenters. The topological polar surface area (TPSA) is 60.5 Å². The Hall–Kier alpha value is -2.60. The number of anilines is 1. The molecule has 1 aromatic carbocycles. The molecule has 0 atom stereocenters. The molecule has 0 fully saturated rings. The fourth-order valence-corrected chi connectivity index (χ4v) is 2.48. The van der Waals surface area contributed by atoms with E-state index in [2.05, 4.69) is 16.9 Å². The molecule has 1 amide bonds. The molecule has 0 saturated carbocycles. The van der Waals surface area contributed by atoms with E-state index in [1.807, 2.05) is 18.4 Å². The number of benzene rings is 1. The lowest BCUT2D eigenvalue weighted by Crippen LogP contribution is -2.07. The first-order valence-corrected chi connectivity index (χ1v) is 7.83. The number of methoxy groups -OCH3 is 1. The second-order valence-corrected chi connectivity index (χ2v) is 5.48. The van der Waals surface area contributed by atoms with Gasteiger partial charge in [0.1, 0.15) is 6.61 Å². The molecule has 120 valence electrons. The van der Waals surface area contributed by atoms with Crippen molar-refractivity contribution in [3.63, 3.8) is 0 Å². The van der Waals surface area contributed by atoms with Crippen molar-refractivity contribution in [1.29, 1.82) is 0 Å². The van der Waals surface area contributed by atoms with E-state index in [9.17, 15) is 4.79 Å². The summed E-state index contributed by atoms with van der Waals surface area (Å²) < 4.78 is 10.8. The Balaban J connectivity index is 2.03. The van der Waals surface area contributed by atoms with Crippen LogP contribution in [0.25, 0.3) is 6.08 Å². The molecule has 23 heavy (non-hydrogen) atoms. The van der Waals surface area contributed by atoms with Gasteiger partial charge in [-0.05, 0) is 30.7 Å². The van der Waals surface area contributed by atoms with Crippen molar-refractivity contribution >= 4 is 28.5 Å². The summed E-state index contributed by atoms with van der Waals surface area (Å²) in [6, 6.07) is 5.44. The van der Waals surface area contributed by atoms with Crippen LogP contribution in [0.2, 0.25) is 0 Å². The van der Waals surface area contributed by atoms with Crippen LogP contribution in [0.3, 0.4) is 0 Å². The molecule has 2 aromatic rings. The lowest BCUT2D eigenvalue weighted by molar-refractivity contribution is -0.111. The zero-order valence-electron chi connectivity index (χ0n) is 13.0. The minimum Gasteiger partial charge on any atom is -0.493 e. The van der Waals surface area contributed by atoms with E-state index in [1.54, 1.807) is 31.4 Å². The van der Waals surface area contributed by atoms with Crippen LogP contribution in [-0.4, -0.2) is 24.6 Å². The van der Waals surface area contributed by atoms with Gasteiger partial charge < -0.3 is 9.47 Å². The van der Waals surface area contributed by atoms with Crippen LogP contribution >= 0.6 is 11.3 Å². The van der Waals surface area contributed by atoms with Crippen molar-refractivity contribution in [2.45, 2.75) is 6.92 Å². The largest absolute Gasteiger partial charge is 0.493 e. The number of ether oxygens (including phenoxy) is 2. The van der Waals surface area contributed by atoms with Gasteiger partial charge in [-0.2, -0.15) is 0 Å². The van der Waals surface area contributed by atoms with Crippen molar-refractivity contribution in [2.24, 2.45) is 0 Å². The van der Waals surface area contributed by atoms with Crippen LogP contribution in [0.15, 0.2) is 42.3 Å². The van der Waals surface area contributed by atoms with E-state index in [0.29, 0.717) is 23.2 Å². The summed E-state index contributed by atoms with van der Waals surface area (Å²) in [7, 11) is 1.57. The normalized spacial score (nSPS) is 10.5. The Kier molecular flexibility index (Phi) is 5.94. The smallest absolute Gasteiger partial charge is 0.250 e. The van der Waals surface area contributed by atoms with Crippen molar-refractivity contribution in [3.8, 4) is 11.5 Å². The van der Waals surface area contributed by atoms with E-state index >= 15 is 0 Å². The molecule has 5 nitrogen and oxygen atoms in total. The SMILES string of the molecule is C=CCOc1ccc(/C=C/C(=O)Nc2nc(C)cs2)cc1OC. The predicted molar refractivity (Wildman–Crippen MR) is 93.2 cm³/mol. The molecule has 0 bridgehead atoms. The molecule has 0 aliphatic rings. The Bertz CT molecular complexity index is 722. The number of hydrogen-bond donors (Lipinski definition) is 1. The fraction of sp³-hybridized carbons (Fsp3) is 0.176. The van der Waals surface area contributed by atoms with Crippen molar-refractivity contribution in [2.75, 3.05) is 19.0 Å². The first-order valence-electron chi connectivity index (χ1n) is 6.95. The van der Waals surface area contributed by atoms with E-state index in [1.165, 1.54) is 17.4 Å². The van der Waals surface area contributed by atoms with Gasteiger partial charge in [-0.3, -0.25) is 10.1 Å². The number of aromatic nitrogens is 1. The summed E-state index contributed by atoms with van der Waals surface area (Å²) in [5.41, 5.74) is 1.72. The molecule has 0 saturated heterocycles. The predicted octanol–water partition coefficient (Wildman–Crippen LogP) is 3.68. The molecule has 0 aliphatic heterocycles. The molecule has 1 heterocycles. The van der Waals surface area contributed by atoms with Crippen LogP contribution in [0.4, 0.5) is 5.13 Å². The minimum absolute atomic E-state index is 0.231. The van der Waals surface area contributed by atoms with Crippen molar-refractivity contribution < 1.29 is 14.3 Å². The molecule has 0 spiro atoms. The summed E-state index contributed by atoms with van der Waals surface area (Å²) in [6.45, 7) is 5.89. The number of nitrogens with zero attached hydrogens (tertiary/aromatic N) is 1. The summed E-state index contributed by atoms with van der Waals surface area (Å²) >= 11 is 1.39. The molecular weight excluding hydrogens is 312 g/mol. The highest BCUT2D eigenvalue weighted by Crippen LogP contribution is 2.28. The quantitative estimate of drug-likeness (QED) is 0.621. The molecule has 6 heteroatoms. The maximum Gasteiger partial charge on any atom is 0.250 e. The molecule has 2 rings (SSSR count). The maximum atomic E-state index is 11.9. The standard InChI is InChI=1S/C17H18N2O3S/c1-4-9-22-14-7-5-13(10-15(14)21-3)6-8-16(20)19-17-18-12(2)11-23-17/h4-8,10-11H,1,9H2,2-3H3,(H,18,19,20)/b8-6+. The molecule has 1 aromatic heterocycles. The van der Waals surface area contributed by atoms with Gasteiger partial charge in [0.05, 0.1) is 12.8 Å². The molecule has 0 aliphatic carbocycles. The number of amides is 1. The summed E-state index contributed by atoms with van der Waals surface area (Å²) in [4.78, 5) is 16.0. The van der Waals surface area contributed by atoms with E-state index in [0.717, 1.165) is 11.3 Å². The van der Waals surface area contributed by atoms with Crippen LogP contribution < -0.4 is 14.8 Å². The van der Waals surface area contributed by atoms with Crippen LogP contribution in [0.5, 0.6) is 11.5 Å². The second kappa shape index (κ2) is 8.14. The summed E-state index contributed by atoms with van der Waals surface area (Å²) in [5.74, 6) is 1.00. The van der Waals surface area contributed by atoms with Crippen LogP contribution in [-0.2, 0) is 4.79 Å². The highest BCUT2D eigenvalue weighted by Gasteiger charge is 2.05. The van der Waals surface area contributed by atoms with Gasteiger partial charge in [0.15, 0.2) is 16.6 Å².